The van der Waals surface area contributed by atoms with Crippen LogP contribution in [0.2, 0.25) is 0 Å². The van der Waals surface area contributed by atoms with Gasteiger partial charge in [-0.25, -0.2) is 0 Å². The summed E-state index contributed by atoms with van der Waals surface area (Å²) in [6.45, 7) is 7.31. The lowest BCUT2D eigenvalue weighted by Crippen LogP contribution is -2.45. The minimum atomic E-state index is -0.0294. The molecule has 5 rings (SSSR count). The van der Waals surface area contributed by atoms with Gasteiger partial charge in [0, 0.05) is 62.2 Å². The highest BCUT2D eigenvalue weighted by Crippen LogP contribution is 2.36. The average molecular weight is 451 g/mol. The molecular formula is C26H34N4O3. The van der Waals surface area contributed by atoms with Crippen molar-refractivity contribution in [3.8, 4) is 5.75 Å². The molecule has 1 amide bonds. The molecule has 2 saturated heterocycles. The Kier molecular flexibility index (Phi) is 6.42. The van der Waals surface area contributed by atoms with E-state index in [1.165, 1.54) is 11.3 Å². The summed E-state index contributed by atoms with van der Waals surface area (Å²) in [4.78, 5) is 20.0. The highest BCUT2D eigenvalue weighted by Gasteiger charge is 2.27. The third-order valence-corrected chi connectivity index (χ3v) is 7.26. The molecule has 0 spiro atoms. The van der Waals surface area contributed by atoms with Crippen LogP contribution in [0.3, 0.4) is 0 Å². The van der Waals surface area contributed by atoms with Crippen molar-refractivity contribution in [3.63, 3.8) is 0 Å². The molecule has 3 aliphatic rings. The van der Waals surface area contributed by atoms with Gasteiger partial charge in [-0.2, -0.15) is 0 Å². The standard InChI is InChI=1S/C26H34N4O3/c1-28-10-12-30(13-11-28)24-8-9-25(31)22-7-4-20(18-23(22)24)27-26(32)19-2-5-21(6-3-19)29-14-16-33-17-15-29/h2-3,5-6,8-9,20,31H,4,7,10-18H2,1H3,(H,27,32)/t20-/m1/s1. The van der Waals surface area contributed by atoms with E-state index in [1.54, 1.807) is 0 Å². The van der Waals surface area contributed by atoms with Crippen LogP contribution in [0, 0.1) is 0 Å². The third kappa shape index (κ3) is 4.80. The van der Waals surface area contributed by atoms with E-state index in [1.807, 2.05) is 36.4 Å². The number of morpholine rings is 1. The highest BCUT2D eigenvalue weighted by atomic mass is 16.5. The van der Waals surface area contributed by atoms with E-state index >= 15 is 0 Å². The van der Waals surface area contributed by atoms with Crippen molar-refractivity contribution < 1.29 is 14.6 Å². The maximum Gasteiger partial charge on any atom is 0.251 e. The Balaban J connectivity index is 1.27. The maximum absolute atomic E-state index is 13.0. The second kappa shape index (κ2) is 9.61. The molecule has 0 saturated carbocycles. The molecule has 2 aromatic carbocycles. The van der Waals surface area contributed by atoms with E-state index in [2.05, 4.69) is 27.1 Å². The molecule has 1 atom stereocenters. The minimum Gasteiger partial charge on any atom is -0.508 e. The van der Waals surface area contributed by atoms with Gasteiger partial charge in [-0.3, -0.25) is 4.79 Å². The van der Waals surface area contributed by atoms with Crippen LogP contribution in [0.4, 0.5) is 11.4 Å². The van der Waals surface area contributed by atoms with Crippen LogP contribution < -0.4 is 15.1 Å². The Morgan fingerprint density at radius 3 is 2.39 bits per heavy atom. The first kappa shape index (κ1) is 22.0. The Morgan fingerprint density at radius 2 is 1.67 bits per heavy atom. The number of hydrogen-bond donors (Lipinski definition) is 2. The van der Waals surface area contributed by atoms with Crippen LogP contribution in [-0.2, 0) is 17.6 Å². The molecular weight excluding hydrogens is 416 g/mol. The zero-order chi connectivity index (χ0) is 22.8. The largest absolute Gasteiger partial charge is 0.508 e. The Labute approximate surface area is 195 Å². The number of rotatable bonds is 4. The second-order valence-corrected chi connectivity index (χ2v) is 9.41. The number of likely N-dealkylation sites (N-methyl/N-ethyl adjacent to an activating group) is 1. The zero-order valence-electron chi connectivity index (χ0n) is 19.4. The number of phenolic OH excluding ortho intramolecular Hbond substituents is 1. The average Bonchev–Trinajstić information content (AvgIpc) is 2.86. The fourth-order valence-corrected chi connectivity index (χ4v) is 5.22. The minimum absolute atomic E-state index is 0.0294. The molecule has 2 aliphatic heterocycles. The van der Waals surface area contributed by atoms with E-state index in [-0.39, 0.29) is 11.9 Å². The lowest BCUT2D eigenvalue weighted by molar-refractivity contribution is 0.0933. The topological polar surface area (TPSA) is 68.3 Å². The molecule has 0 bridgehead atoms. The van der Waals surface area contributed by atoms with E-state index in [0.29, 0.717) is 11.3 Å². The predicted molar refractivity (Wildman–Crippen MR) is 131 cm³/mol. The Morgan fingerprint density at radius 1 is 0.939 bits per heavy atom. The number of ether oxygens (including phenoxy) is 1. The summed E-state index contributed by atoms with van der Waals surface area (Å²) in [5, 5.41) is 13.7. The number of hydrogen-bond acceptors (Lipinski definition) is 6. The van der Waals surface area contributed by atoms with Gasteiger partial charge < -0.3 is 29.9 Å². The number of benzene rings is 2. The van der Waals surface area contributed by atoms with Crippen LogP contribution in [0.15, 0.2) is 36.4 Å². The van der Waals surface area contributed by atoms with Crippen molar-refractivity contribution in [2.75, 3.05) is 69.3 Å². The van der Waals surface area contributed by atoms with Gasteiger partial charge in [0.2, 0.25) is 0 Å². The van der Waals surface area contributed by atoms with E-state index in [9.17, 15) is 9.90 Å². The molecule has 7 heteroatoms. The Bertz CT molecular complexity index is 980. The van der Waals surface area contributed by atoms with Gasteiger partial charge in [-0.05, 0) is 73.8 Å². The number of fused-ring (bicyclic) bond motifs is 1. The second-order valence-electron chi connectivity index (χ2n) is 9.41. The molecule has 0 unspecified atom stereocenters. The monoisotopic (exact) mass is 450 g/mol. The summed E-state index contributed by atoms with van der Waals surface area (Å²) < 4.78 is 5.43. The van der Waals surface area contributed by atoms with Gasteiger partial charge in [0.1, 0.15) is 5.75 Å². The van der Waals surface area contributed by atoms with Crippen LogP contribution in [-0.4, -0.2) is 81.5 Å². The molecule has 7 nitrogen and oxygen atoms in total. The highest BCUT2D eigenvalue weighted by molar-refractivity contribution is 5.94. The van der Waals surface area contributed by atoms with Crippen LogP contribution >= 0.6 is 0 Å². The van der Waals surface area contributed by atoms with Crippen molar-refractivity contribution in [2.24, 2.45) is 0 Å². The van der Waals surface area contributed by atoms with Crippen molar-refractivity contribution in [2.45, 2.75) is 25.3 Å². The number of carbonyl (C=O) groups is 1. The van der Waals surface area contributed by atoms with Crippen molar-refractivity contribution in [1.82, 2.24) is 10.2 Å². The molecule has 2 aromatic rings. The lowest BCUT2D eigenvalue weighted by atomic mass is 9.86. The van der Waals surface area contributed by atoms with Crippen molar-refractivity contribution >= 4 is 17.3 Å². The van der Waals surface area contributed by atoms with Gasteiger partial charge >= 0.3 is 0 Å². The molecule has 0 radical (unpaired) electrons. The molecule has 2 heterocycles. The summed E-state index contributed by atoms with van der Waals surface area (Å²) in [6.07, 6.45) is 2.37. The lowest BCUT2D eigenvalue weighted by Gasteiger charge is -2.37. The normalized spacial score (nSPS) is 21.5. The van der Waals surface area contributed by atoms with Gasteiger partial charge in [-0.1, -0.05) is 0 Å². The first-order valence-corrected chi connectivity index (χ1v) is 12.1. The van der Waals surface area contributed by atoms with E-state index in [4.69, 9.17) is 4.74 Å². The number of aromatic hydroxyl groups is 1. The van der Waals surface area contributed by atoms with E-state index in [0.717, 1.165) is 83.0 Å². The van der Waals surface area contributed by atoms with Gasteiger partial charge in [0.25, 0.3) is 5.91 Å². The van der Waals surface area contributed by atoms with Gasteiger partial charge in [0.05, 0.1) is 13.2 Å². The first-order chi connectivity index (χ1) is 16.1. The number of anilines is 2. The molecule has 2 N–H and O–H groups in total. The quantitative estimate of drug-likeness (QED) is 0.745. The third-order valence-electron chi connectivity index (χ3n) is 7.26. The summed E-state index contributed by atoms with van der Waals surface area (Å²) in [5.74, 6) is 0.352. The van der Waals surface area contributed by atoms with E-state index < -0.39 is 0 Å². The molecule has 176 valence electrons. The summed E-state index contributed by atoms with van der Waals surface area (Å²) in [6, 6.07) is 11.8. The maximum atomic E-state index is 13.0. The van der Waals surface area contributed by atoms with Crippen LogP contribution in [0.5, 0.6) is 5.75 Å². The van der Waals surface area contributed by atoms with Crippen molar-refractivity contribution in [1.29, 1.82) is 0 Å². The fraction of sp³-hybridized carbons (Fsp3) is 0.500. The number of amides is 1. The van der Waals surface area contributed by atoms with Gasteiger partial charge in [-0.15, -0.1) is 0 Å². The molecule has 2 fully saturated rings. The number of nitrogens with one attached hydrogen (secondary N) is 1. The first-order valence-electron chi connectivity index (χ1n) is 12.1. The number of piperazine rings is 1. The number of nitrogens with zero attached hydrogens (tertiary/aromatic N) is 3. The van der Waals surface area contributed by atoms with Crippen molar-refractivity contribution in [3.05, 3.63) is 53.1 Å². The number of carbonyl (C=O) groups excluding carboxylic acids is 1. The van der Waals surface area contributed by atoms with Crippen LogP contribution in [0.1, 0.15) is 27.9 Å². The fourth-order valence-electron chi connectivity index (χ4n) is 5.22. The van der Waals surface area contributed by atoms with Crippen LogP contribution in [0.25, 0.3) is 0 Å². The molecule has 33 heavy (non-hydrogen) atoms. The number of phenols is 1. The SMILES string of the molecule is CN1CCN(c2ccc(O)c3c2C[C@H](NC(=O)c2ccc(N4CCOCC4)cc2)CC3)CC1. The molecule has 1 aliphatic carbocycles. The summed E-state index contributed by atoms with van der Waals surface area (Å²) in [7, 11) is 2.16. The zero-order valence-corrected chi connectivity index (χ0v) is 19.4. The molecule has 0 aromatic heterocycles. The smallest absolute Gasteiger partial charge is 0.251 e. The predicted octanol–water partition coefficient (Wildman–Crippen LogP) is 2.27. The van der Waals surface area contributed by atoms with Gasteiger partial charge in [0.15, 0.2) is 0 Å². The summed E-state index contributed by atoms with van der Waals surface area (Å²) in [5.41, 5.74) is 5.28. The summed E-state index contributed by atoms with van der Waals surface area (Å²) >= 11 is 0. The Hall–Kier alpha value is -2.77.